The van der Waals surface area contributed by atoms with Gasteiger partial charge in [-0.25, -0.2) is 4.39 Å². The fourth-order valence-corrected chi connectivity index (χ4v) is 4.60. The SMILES string of the molecule is Cn1cnnc1SCC(=O)Nc1cccc(C(=O)NC(c2ccc(F)cc2)c2cccs2)c1. The number of hydrogen-bond donors (Lipinski definition) is 2. The van der Waals surface area contributed by atoms with E-state index in [0.29, 0.717) is 16.4 Å². The van der Waals surface area contributed by atoms with E-state index in [-0.39, 0.29) is 23.4 Å². The van der Waals surface area contributed by atoms with Gasteiger partial charge in [0.25, 0.3) is 5.91 Å². The third kappa shape index (κ3) is 5.85. The molecule has 0 aliphatic rings. The molecule has 33 heavy (non-hydrogen) atoms. The summed E-state index contributed by atoms with van der Waals surface area (Å²) in [6.07, 6.45) is 1.57. The molecule has 2 heterocycles. The van der Waals surface area contributed by atoms with Crippen LogP contribution >= 0.6 is 23.1 Å². The highest BCUT2D eigenvalue weighted by atomic mass is 32.2. The first-order chi connectivity index (χ1) is 16.0. The van der Waals surface area contributed by atoms with E-state index in [1.165, 1.54) is 35.2 Å². The van der Waals surface area contributed by atoms with Gasteiger partial charge in [-0.2, -0.15) is 0 Å². The summed E-state index contributed by atoms with van der Waals surface area (Å²) >= 11 is 2.77. The summed E-state index contributed by atoms with van der Waals surface area (Å²) < 4.78 is 15.1. The molecule has 0 saturated heterocycles. The summed E-state index contributed by atoms with van der Waals surface area (Å²) in [5.41, 5.74) is 1.69. The van der Waals surface area contributed by atoms with E-state index in [1.807, 2.05) is 17.5 Å². The minimum absolute atomic E-state index is 0.161. The van der Waals surface area contributed by atoms with Crippen LogP contribution in [0.5, 0.6) is 0 Å². The summed E-state index contributed by atoms with van der Waals surface area (Å²) in [4.78, 5) is 26.3. The van der Waals surface area contributed by atoms with Gasteiger partial charge in [-0.3, -0.25) is 9.59 Å². The lowest BCUT2D eigenvalue weighted by molar-refractivity contribution is -0.113. The summed E-state index contributed by atoms with van der Waals surface area (Å²) in [6, 6.07) is 16.2. The van der Waals surface area contributed by atoms with Crippen LogP contribution in [0.4, 0.5) is 10.1 Å². The van der Waals surface area contributed by atoms with Crippen molar-refractivity contribution in [1.82, 2.24) is 20.1 Å². The molecule has 1 atom stereocenters. The van der Waals surface area contributed by atoms with E-state index >= 15 is 0 Å². The van der Waals surface area contributed by atoms with Crippen molar-refractivity contribution in [2.24, 2.45) is 7.05 Å². The first-order valence-electron chi connectivity index (χ1n) is 9.96. The number of hydrogen-bond acceptors (Lipinski definition) is 6. The number of carbonyl (C=O) groups excluding carboxylic acids is 2. The first-order valence-corrected chi connectivity index (χ1v) is 11.8. The minimum Gasteiger partial charge on any atom is -0.340 e. The van der Waals surface area contributed by atoms with Crippen molar-refractivity contribution >= 4 is 40.6 Å². The molecule has 4 aromatic rings. The van der Waals surface area contributed by atoms with Crippen LogP contribution in [-0.2, 0) is 11.8 Å². The molecular formula is C23H20FN5O2S2. The molecule has 4 rings (SSSR count). The molecule has 7 nitrogen and oxygen atoms in total. The highest BCUT2D eigenvalue weighted by molar-refractivity contribution is 7.99. The van der Waals surface area contributed by atoms with Crippen LogP contribution in [0.25, 0.3) is 0 Å². The van der Waals surface area contributed by atoms with Gasteiger partial charge in [0, 0.05) is 23.2 Å². The number of benzene rings is 2. The van der Waals surface area contributed by atoms with Crippen molar-refractivity contribution in [1.29, 1.82) is 0 Å². The maximum atomic E-state index is 13.4. The van der Waals surface area contributed by atoms with Gasteiger partial charge in [0.05, 0.1) is 11.8 Å². The number of halogens is 1. The predicted octanol–water partition coefficient (Wildman–Crippen LogP) is 4.27. The van der Waals surface area contributed by atoms with E-state index < -0.39 is 6.04 Å². The van der Waals surface area contributed by atoms with Crippen LogP contribution in [0, 0.1) is 5.82 Å². The van der Waals surface area contributed by atoms with Crippen molar-refractivity contribution in [3.63, 3.8) is 0 Å². The van der Waals surface area contributed by atoms with E-state index in [2.05, 4.69) is 20.8 Å². The van der Waals surface area contributed by atoms with Crippen molar-refractivity contribution in [2.75, 3.05) is 11.1 Å². The van der Waals surface area contributed by atoms with E-state index in [4.69, 9.17) is 0 Å². The van der Waals surface area contributed by atoms with Gasteiger partial charge in [0.15, 0.2) is 5.16 Å². The lowest BCUT2D eigenvalue weighted by Crippen LogP contribution is -2.29. The van der Waals surface area contributed by atoms with Crippen molar-refractivity contribution in [3.05, 3.63) is 94.2 Å². The third-order valence-corrected chi connectivity index (χ3v) is 6.69. The number of carbonyl (C=O) groups is 2. The monoisotopic (exact) mass is 481 g/mol. The van der Waals surface area contributed by atoms with Crippen LogP contribution in [0.15, 0.2) is 77.5 Å². The Balaban J connectivity index is 1.44. The van der Waals surface area contributed by atoms with Gasteiger partial charge in [-0.05, 0) is 47.3 Å². The first kappa shape index (κ1) is 22.7. The van der Waals surface area contributed by atoms with Crippen molar-refractivity contribution < 1.29 is 14.0 Å². The highest BCUT2D eigenvalue weighted by Gasteiger charge is 2.19. The Hall–Kier alpha value is -3.50. The molecule has 0 spiro atoms. The minimum atomic E-state index is -0.417. The molecule has 1 unspecified atom stereocenters. The molecule has 0 aliphatic heterocycles. The molecule has 0 radical (unpaired) electrons. The molecule has 0 fully saturated rings. The Bertz CT molecular complexity index is 1240. The molecule has 10 heteroatoms. The van der Waals surface area contributed by atoms with E-state index in [1.54, 1.807) is 54.3 Å². The molecule has 168 valence electrons. The Morgan fingerprint density at radius 2 is 1.97 bits per heavy atom. The number of amides is 2. The zero-order chi connectivity index (χ0) is 23.2. The maximum absolute atomic E-state index is 13.4. The van der Waals surface area contributed by atoms with Gasteiger partial charge in [0.2, 0.25) is 5.91 Å². The van der Waals surface area contributed by atoms with Crippen molar-refractivity contribution in [2.45, 2.75) is 11.2 Å². The number of thioether (sulfide) groups is 1. The number of nitrogens with zero attached hydrogens (tertiary/aromatic N) is 3. The van der Waals surface area contributed by atoms with Gasteiger partial charge >= 0.3 is 0 Å². The number of aromatic nitrogens is 3. The second-order valence-corrected chi connectivity index (χ2v) is 9.04. The number of rotatable bonds is 8. The smallest absolute Gasteiger partial charge is 0.252 e. The Morgan fingerprint density at radius 1 is 1.15 bits per heavy atom. The lowest BCUT2D eigenvalue weighted by Gasteiger charge is -2.18. The normalized spacial score (nSPS) is 11.7. The molecule has 0 bridgehead atoms. The molecule has 0 aliphatic carbocycles. The predicted molar refractivity (Wildman–Crippen MR) is 127 cm³/mol. The zero-order valence-electron chi connectivity index (χ0n) is 17.6. The second kappa shape index (κ2) is 10.4. The highest BCUT2D eigenvalue weighted by Crippen LogP contribution is 2.27. The average Bonchev–Trinajstić information content (AvgIpc) is 3.49. The quantitative estimate of drug-likeness (QED) is 0.367. The van der Waals surface area contributed by atoms with E-state index in [0.717, 1.165) is 10.4 Å². The van der Waals surface area contributed by atoms with Crippen LogP contribution in [-0.4, -0.2) is 32.3 Å². The Labute approximate surface area is 198 Å². The topological polar surface area (TPSA) is 88.9 Å². The third-order valence-electron chi connectivity index (χ3n) is 4.72. The van der Waals surface area contributed by atoms with Crippen molar-refractivity contribution in [3.8, 4) is 0 Å². The number of aryl methyl sites for hydroxylation is 1. The standard InChI is InChI=1S/C23H20FN5O2S2/c1-29-14-25-28-23(29)33-13-20(30)26-18-5-2-4-16(12-18)22(31)27-21(19-6-3-11-32-19)15-7-9-17(24)10-8-15/h2-12,14,21H,13H2,1H3,(H,26,30)(H,27,31). The van der Waals surface area contributed by atoms with Crippen LogP contribution in [0.2, 0.25) is 0 Å². The number of nitrogens with one attached hydrogen (secondary N) is 2. The number of thiophene rings is 1. The molecular weight excluding hydrogens is 461 g/mol. The fourth-order valence-electron chi connectivity index (χ4n) is 3.11. The van der Waals surface area contributed by atoms with Crippen LogP contribution in [0.3, 0.4) is 0 Å². The molecule has 2 aromatic heterocycles. The zero-order valence-corrected chi connectivity index (χ0v) is 19.2. The van der Waals surface area contributed by atoms with E-state index in [9.17, 15) is 14.0 Å². The van der Waals surface area contributed by atoms with Gasteiger partial charge in [-0.1, -0.05) is 36.0 Å². The van der Waals surface area contributed by atoms with Crippen LogP contribution in [0.1, 0.15) is 26.8 Å². The second-order valence-electron chi connectivity index (χ2n) is 7.12. The summed E-state index contributed by atoms with van der Waals surface area (Å²) in [5, 5.41) is 16.1. The Kier molecular flexibility index (Phi) is 7.16. The van der Waals surface area contributed by atoms with Crippen LogP contribution < -0.4 is 10.6 Å². The largest absolute Gasteiger partial charge is 0.340 e. The fraction of sp³-hybridized carbons (Fsp3) is 0.130. The summed E-state index contributed by atoms with van der Waals surface area (Å²) in [5.74, 6) is -0.699. The molecule has 2 amide bonds. The molecule has 0 saturated carbocycles. The molecule has 2 aromatic carbocycles. The average molecular weight is 482 g/mol. The molecule has 2 N–H and O–H groups in total. The Morgan fingerprint density at radius 3 is 2.67 bits per heavy atom. The summed E-state index contributed by atoms with van der Waals surface area (Å²) in [7, 11) is 1.80. The summed E-state index contributed by atoms with van der Waals surface area (Å²) in [6.45, 7) is 0. The maximum Gasteiger partial charge on any atom is 0.252 e. The lowest BCUT2D eigenvalue weighted by atomic mass is 10.0. The van der Waals surface area contributed by atoms with Gasteiger partial charge in [-0.15, -0.1) is 21.5 Å². The number of anilines is 1. The van der Waals surface area contributed by atoms with Gasteiger partial charge in [0.1, 0.15) is 12.1 Å². The van der Waals surface area contributed by atoms with Gasteiger partial charge < -0.3 is 15.2 Å².